The Labute approximate surface area is 112 Å². The smallest absolute Gasteiger partial charge is 0.274 e. The second-order valence-corrected chi connectivity index (χ2v) is 4.62. The number of nitrogens with two attached hydrogens (primary N) is 1. The number of piperazine rings is 1. The third kappa shape index (κ3) is 2.87. The van der Waals surface area contributed by atoms with Crippen molar-refractivity contribution in [2.24, 2.45) is 0 Å². The Balaban J connectivity index is 2.03. The summed E-state index contributed by atoms with van der Waals surface area (Å²) in [7, 11) is 0. The topological polar surface area (TPSA) is 87.6 Å². The first-order chi connectivity index (χ1) is 9.17. The van der Waals surface area contributed by atoms with Crippen LogP contribution in [0.3, 0.4) is 0 Å². The van der Waals surface area contributed by atoms with Crippen molar-refractivity contribution < 1.29 is 9.90 Å². The van der Waals surface area contributed by atoms with Gasteiger partial charge in [-0.2, -0.15) is 5.10 Å². The predicted molar refractivity (Wildman–Crippen MR) is 71.7 cm³/mol. The summed E-state index contributed by atoms with van der Waals surface area (Å²) in [5.41, 5.74) is 6.74. The first-order valence-electron chi connectivity index (χ1n) is 6.61. The largest absolute Gasteiger partial charge is 0.396 e. The highest BCUT2D eigenvalue weighted by atomic mass is 16.3. The number of nitrogen functional groups attached to an aromatic ring is 1. The van der Waals surface area contributed by atoms with E-state index in [4.69, 9.17) is 10.8 Å². The summed E-state index contributed by atoms with van der Waals surface area (Å²) >= 11 is 0. The summed E-state index contributed by atoms with van der Waals surface area (Å²) in [5.74, 6) is -0.0551. The maximum atomic E-state index is 12.4. The summed E-state index contributed by atoms with van der Waals surface area (Å²) in [6, 6.07) is 0. The fourth-order valence-corrected chi connectivity index (χ4v) is 2.34. The monoisotopic (exact) mass is 267 g/mol. The molecule has 0 atom stereocenters. The van der Waals surface area contributed by atoms with E-state index in [9.17, 15) is 4.79 Å². The summed E-state index contributed by atoms with van der Waals surface area (Å²) in [6.07, 6.45) is 1.53. The molecular formula is C12H21N5O2. The second kappa shape index (κ2) is 6.03. The van der Waals surface area contributed by atoms with E-state index in [0.29, 0.717) is 37.6 Å². The molecule has 1 amide bonds. The number of aliphatic hydroxyl groups is 1. The van der Waals surface area contributed by atoms with E-state index in [0.717, 1.165) is 13.1 Å². The van der Waals surface area contributed by atoms with Gasteiger partial charge in [0.1, 0.15) is 5.69 Å². The molecule has 1 saturated heterocycles. The third-order valence-corrected chi connectivity index (χ3v) is 3.45. The third-order valence-electron chi connectivity index (χ3n) is 3.45. The lowest BCUT2D eigenvalue weighted by Gasteiger charge is -2.34. The van der Waals surface area contributed by atoms with Crippen LogP contribution >= 0.6 is 0 Å². The molecule has 7 nitrogen and oxygen atoms in total. The Morgan fingerprint density at radius 3 is 2.68 bits per heavy atom. The van der Waals surface area contributed by atoms with Crippen LogP contribution in [0.4, 0.5) is 5.69 Å². The number of aryl methyl sites for hydroxylation is 1. The molecule has 19 heavy (non-hydrogen) atoms. The van der Waals surface area contributed by atoms with Gasteiger partial charge in [-0.3, -0.25) is 14.4 Å². The van der Waals surface area contributed by atoms with E-state index in [1.54, 1.807) is 9.58 Å². The second-order valence-electron chi connectivity index (χ2n) is 4.62. The van der Waals surface area contributed by atoms with Crippen LogP contribution in [0.15, 0.2) is 6.20 Å². The van der Waals surface area contributed by atoms with Gasteiger partial charge in [-0.25, -0.2) is 0 Å². The van der Waals surface area contributed by atoms with Crippen molar-refractivity contribution in [2.75, 3.05) is 45.1 Å². The highest BCUT2D eigenvalue weighted by Crippen LogP contribution is 2.15. The molecule has 0 saturated carbocycles. The molecule has 0 aromatic carbocycles. The minimum absolute atomic E-state index is 0.0551. The fraction of sp³-hybridized carbons (Fsp3) is 0.667. The molecule has 1 aliphatic rings. The number of carbonyl (C=O) groups excluding carboxylic acids is 1. The Hall–Kier alpha value is -1.60. The van der Waals surface area contributed by atoms with E-state index < -0.39 is 0 Å². The zero-order valence-corrected chi connectivity index (χ0v) is 11.2. The van der Waals surface area contributed by atoms with Crippen molar-refractivity contribution >= 4 is 11.6 Å². The molecule has 0 radical (unpaired) electrons. The number of hydrogen-bond acceptors (Lipinski definition) is 5. The standard InChI is InChI=1S/C12H21N5O2/c1-2-17-11(10(13)9-14-17)12(19)16-5-3-15(4-6-16)7-8-18/h9,18H,2-8,13H2,1H3. The molecule has 0 spiro atoms. The SMILES string of the molecule is CCn1ncc(N)c1C(=O)N1CCN(CCO)CC1. The van der Waals surface area contributed by atoms with Crippen LogP contribution in [0.5, 0.6) is 0 Å². The lowest BCUT2D eigenvalue weighted by atomic mass is 10.2. The molecular weight excluding hydrogens is 246 g/mol. The average Bonchev–Trinajstić information content (AvgIpc) is 2.80. The number of amides is 1. The summed E-state index contributed by atoms with van der Waals surface area (Å²) in [4.78, 5) is 16.4. The van der Waals surface area contributed by atoms with E-state index in [1.165, 1.54) is 6.20 Å². The van der Waals surface area contributed by atoms with Gasteiger partial charge in [0, 0.05) is 39.3 Å². The van der Waals surface area contributed by atoms with E-state index in [1.807, 2.05) is 6.92 Å². The molecule has 106 valence electrons. The zero-order valence-electron chi connectivity index (χ0n) is 11.2. The number of carbonyl (C=O) groups is 1. The van der Waals surface area contributed by atoms with Crippen LogP contribution in [0.25, 0.3) is 0 Å². The maximum Gasteiger partial charge on any atom is 0.274 e. The van der Waals surface area contributed by atoms with Gasteiger partial charge in [0.2, 0.25) is 0 Å². The minimum Gasteiger partial charge on any atom is -0.396 e. The Morgan fingerprint density at radius 2 is 2.11 bits per heavy atom. The van der Waals surface area contributed by atoms with Crippen molar-refractivity contribution in [1.29, 1.82) is 0 Å². The van der Waals surface area contributed by atoms with Crippen LogP contribution < -0.4 is 5.73 Å². The highest BCUT2D eigenvalue weighted by Gasteiger charge is 2.25. The average molecular weight is 267 g/mol. The highest BCUT2D eigenvalue weighted by molar-refractivity contribution is 5.97. The number of aromatic nitrogens is 2. The van der Waals surface area contributed by atoms with E-state index in [-0.39, 0.29) is 12.5 Å². The molecule has 2 heterocycles. The summed E-state index contributed by atoms with van der Waals surface area (Å²) in [6.45, 7) is 6.27. The molecule has 3 N–H and O–H groups in total. The van der Waals surface area contributed by atoms with Gasteiger partial charge in [-0.15, -0.1) is 0 Å². The van der Waals surface area contributed by atoms with Gasteiger partial charge < -0.3 is 15.7 Å². The molecule has 0 unspecified atom stereocenters. The number of rotatable bonds is 4. The number of aliphatic hydroxyl groups excluding tert-OH is 1. The van der Waals surface area contributed by atoms with Crippen molar-refractivity contribution in [3.8, 4) is 0 Å². The Bertz CT molecular complexity index is 437. The quantitative estimate of drug-likeness (QED) is 0.748. The Kier molecular flexibility index (Phi) is 4.39. The van der Waals surface area contributed by atoms with Crippen LogP contribution in [-0.4, -0.2) is 69.9 Å². The molecule has 7 heteroatoms. The van der Waals surface area contributed by atoms with E-state index >= 15 is 0 Å². The van der Waals surface area contributed by atoms with Crippen molar-refractivity contribution in [3.05, 3.63) is 11.9 Å². The van der Waals surface area contributed by atoms with Gasteiger partial charge in [-0.05, 0) is 6.92 Å². The van der Waals surface area contributed by atoms with Gasteiger partial charge >= 0.3 is 0 Å². The van der Waals surface area contributed by atoms with Gasteiger partial charge in [-0.1, -0.05) is 0 Å². The van der Waals surface area contributed by atoms with Crippen LogP contribution in [0.1, 0.15) is 17.4 Å². The van der Waals surface area contributed by atoms with Gasteiger partial charge in [0.25, 0.3) is 5.91 Å². The molecule has 1 fully saturated rings. The van der Waals surface area contributed by atoms with Crippen molar-refractivity contribution in [2.45, 2.75) is 13.5 Å². The molecule has 1 aliphatic heterocycles. The number of hydrogen-bond donors (Lipinski definition) is 2. The maximum absolute atomic E-state index is 12.4. The number of nitrogens with zero attached hydrogens (tertiary/aromatic N) is 4. The normalized spacial score (nSPS) is 16.8. The van der Waals surface area contributed by atoms with Crippen LogP contribution in [-0.2, 0) is 6.54 Å². The van der Waals surface area contributed by atoms with Crippen LogP contribution in [0, 0.1) is 0 Å². The molecule has 1 aromatic heterocycles. The minimum atomic E-state index is -0.0551. The zero-order chi connectivity index (χ0) is 13.8. The summed E-state index contributed by atoms with van der Waals surface area (Å²) in [5, 5.41) is 13.0. The molecule has 1 aromatic rings. The molecule has 0 aliphatic carbocycles. The Morgan fingerprint density at radius 1 is 1.42 bits per heavy atom. The fourth-order valence-electron chi connectivity index (χ4n) is 2.34. The lowest BCUT2D eigenvalue weighted by Crippen LogP contribution is -2.49. The van der Waals surface area contributed by atoms with E-state index in [2.05, 4.69) is 10.00 Å². The predicted octanol–water partition coefficient (Wildman–Crippen LogP) is -0.765. The summed E-state index contributed by atoms with van der Waals surface area (Å²) < 4.78 is 1.64. The van der Waals surface area contributed by atoms with Crippen molar-refractivity contribution in [1.82, 2.24) is 19.6 Å². The van der Waals surface area contributed by atoms with Crippen molar-refractivity contribution in [3.63, 3.8) is 0 Å². The van der Waals surface area contributed by atoms with Gasteiger partial charge in [0.15, 0.2) is 0 Å². The number of β-amino-alcohol motifs (C(OH)–C–C–N with tert-alkyl or cyclic N) is 1. The first kappa shape index (κ1) is 13.8. The number of anilines is 1. The van der Waals surface area contributed by atoms with Crippen LogP contribution in [0.2, 0.25) is 0 Å². The first-order valence-corrected chi connectivity index (χ1v) is 6.61. The molecule has 2 rings (SSSR count). The lowest BCUT2D eigenvalue weighted by molar-refractivity contribution is 0.0604. The van der Waals surface area contributed by atoms with Gasteiger partial charge in [0.05, 0.1) is 18.5 Å². The molecule has 0 bridgehead atoms.